The maximum atomic E-state index is 14.8. The van der Waals surface area contributed by atoms with E-state index >= 15 is 0 Å². The van der Waals surface area contributed by atoms with Gasteiger partial charge in [0.15, 0.2) is 23.3 Å². The fourth-order valence-electron chi connectivity index (χ4n) is 6.01. The Hall–Kier alpha value is -7.18. The highest BCUT2D eigenvalue weighted by atomic mass is 19.2. The Morgan fingerprint density at radius 3 is 1.20 bits per heavy atom. The molecule has 7 rings (SSSR count). The van der Waals surface area contributed by atoms with Gasteiger partial charge in [-0.2, -0.15) is 27.5 Å². The van der Waals surface area contributed by atoms with Crippen LogP contribution in [0, 0.1) is 82.9 Å². The van der Waals surface area contributed by atoms with E-state index in [9.17, 15) is 45.6 Å². The van der Waals surface area contributed by atoms with Gasteiger partial charge >= 0.3 is 0 Å². The van der Waals surface area contributed by atoms with E-state index in [2.05, 4.69) is 39.6 Å². The van der Waals surface area contributed by atoms with Gasteiger partial charge in [-0.3, -0.25) is 9.97 Å². The van der Waals surface area contributed by atoms with E-state index in [4.69, 9.17) is 13.1 Å². The van der Waals surface area contributed by atoms with E-state index in [0.717, 1.165) is 12.4 Å². The van der Waals surface area contributed by atoms with Crippen molar-refractivity contribution < 1.29 is 35.1 Å². The van der Waals surface area contributed by atoms with Crippen LogP contribution in [0.3, 0.4) is 0 Å². The van der Waals surface area contributed by atoms with Gasteiger partial charge in [-0.25, -0.2) is 47.7 Å². The van der Waals surface area contributed by atoms with Crippen LogP contribution in [-0.2, 0) is 12.8 Å². The Balaban J connectivity index is 1.62. The van der Waals surface area contributed by atoms with Crippen LogP contribution in [0.4, 0.5) is 35.1 Å². The molecule has 50 heavy (non-hydrogen) atoms. The topological polar surface area (TPSA) is 134 Å². The summed E-state index contributed by atoms with van der Waals surface area (Å²) in [6, 6.07) is 3.46. The number of fused-ring (bicyclic) bond motifs is 6. The monoisotopic (exact) mass is 682 g/mol. The van der Waals surface area contributed by atoms with Gasteiger partial charge in [0, 0.05) is 34.4 Å². The molecule has 0 fully saturated rings. The van der Waals surface area contributed by atoms with Crippen molar-refractivity contribution in [2.45, 2.75) is 12.8 Å². The van der Waals surface area contributed by atoms with Crippen molar-refractivity contribution in [2.24, 2.45) is 0 Å². The molecule has 0 unspecified atom stereocenters. The first-order valence-electron chi connectivity index (χ1n) is 13.6. The second-order valence-electron chi connectivity index (χ2n) is 10.4. The lowest BCUT2D eigenvalue weighted by Gasteiger charge is -2.13. The number of hydrogen-bond donors (Lipinski definition) is 0. The largest absolute Gasteiger partial charge is 0.269 e. The van der Waals surface area contributed by atoms with Gasteiger partial charge < -0.3 is 0 Å². The van der Waals surface area contributed by atoms with Crippen molar-refractivity contribution in [2.75, 3.05) is 0 Å². The fourth-order valence-corrected chi connectivity index (χ4v) is 6.01. The van der Waals surface area contributed by atoms with E-state index in [1.54, 1.807) is 12.1 Å². The van der Waals surface area contributed by atoms with Gasteiger partial charge in [-0.1, -0.05) is 0 Å². The molecule has 1 aromatic carbocycles. The number of nitrogens with zero attached hydrogens (tertiary/aromatic N) is 10. The zero-order valence-electron chi connectivity index (χ0n) is 24.1. The van der Waals surface area contributed by atoms with Crippen LogP contribution in [0.2, 0.25) is 0 Å². The highest BCUT2D eigenvalue weighted by Crippen LogP contribution is 2.40. The lowest BCUT2D eigenvalue weighted by atomic mass is 9.92. The number of nitriles is 2. The zero-order chi connectivity index (χ0) is 35.8. The van der Waals surface area contributed by atoms with E-state index in [0.29, 0.717) is 0 Å². The molecule has 4 aromatic heterocycles. The fraction of sp³-hybridized carbons (Fsp3) is 0.0625. The molecule has 0 amide bonds. The van der Waals surface area contributed by atoms with Crippen LogP contribution in [0.25, 0.3) is 66.1 Å². The van der Waals surface area contributed by atoms with Crippen LogP contribution < -0.4 is 10.4 Å². The predicted octanol–water partition coefficient (Wildman–Crippen LogP) is 4.75. The number of rotatable bonds is 2. The summed E-state index contributed by atoms with van der Waals surface area (Å²) < 4.78 is 115. The molecule has 0 saturated carbocycles. The third-order valence-electron chi connectivity index (χ3n) is 7.98. The van der Waals surface area contributed by atoms with Gasteiger partial charge in [-0.15, -0.1) is 0 Å². The Kier molecular flexibility index (Phi) is 7.05. The average molecular weight is 682 g/mol. The van der Waals surface area contributed by atoms with Gasteiger partial charge in [0.2, 0.25) is 0 Å². The summed E-state index contributed by atoms with van der Waals surface area (Å²) in [5.74, 6) is -15.5. The maximum Gasteiger partial charge on any atom is 0.269 e. The third-order valence-corrected chi connectivity index (χ3v) is 7.98. The Morgan fingerprint density at radius 2 is 0.900 bits per heavy atom. The van der Waals surface area contributed by atoms with Crippen molar-refractivity contribution in [3.8, 4) is 57.2 Å². The first-order valence-corrected chi connectivity index (χ1v) is 13.6. The molecule has 0 saturated heterocycles. The van der Waals surface area contributed by atoms with Gasteiger partial charge in [-0.05, 0) is 11.1 Å². The number of benzene rings is 1. The summed E-state index contributed by atoms with van der Waals surface area (Å²) >= 11 is 0. The van der Waals surface area contributed by atoms with Gasteiger partial charge in [0.1, 0.15) is 0 Å². The molecular weight excluding hydrogens is 676 g/mol. The molecule has 10 nitrogen and oxygen atoms in total. The van der Waals surface area contributed by atoms with E-state index < -0.39 is 81.0 Å². The lowest BCUT2D eigenvalue weighted by molar-refractivity contribution is 0.410. The van der Waals surface area contributed by atoms with Crippen LogP contribution >= 0.6 is 0 Å². The number of halogens is 8. The minimum Gasteiger partial charge on any atom is -0.256 e. The Bertz CT molecular complexity index is 2480. The molecule has 2 aliphatic carbocycles. The molecule has 0 N–H and O–H groups in total. The molecule has 18 heteroatoms. The molecular formula is C32H6F8N10. The first-order chi connectivity index (χ1) is 23.9. The highest BCUT2D eigenvalue weighted by Gasteiger charge is 2.36. The molecule has 4 heterocycles. The smallest absolute Gasteiger partial charge is 0.256 e. The summed E-state index contributed by atoms with van der Waals surface area (Å²) in [5, 5.41) is 19.7. The lowest BCUT2D eigenvalue weighted by Crippen LogP contribution is -2.26. The maximum absolute atomic E-state index is 14.8. The Morgan fingerprint density at radius 1 is 0.560 bits per heavy atom. The summed E-state index contributed by atoms with van der Waals surface area (Å²) in [4.78, 5) is 28.3. The Labute approximate surface area is 272 Å². The first kappa shape index (κ1) is 31.4. The van der Waals surface area contributed by atoms with E-state index in [-0.39, 0.29) is 68.3 Å². The third kappa shape index (κ3) is 4.29. The second-order valence-corrected chi connectivity index (χ2v) is 10.4. The van der Waals surface area contributed by atoms with Crippen LogP contribution in [0.1, 0.15) is 22.5 Å². The quantitative estimate of drug-likeness (QED) is 0.145. The number of aromatic nitrogens is 6. The van der Waals surface area contributed by atoms with Gasteiger partial charge in [0.05, 0.1) is 83.0 Å². The normalized spacial score (nSPS) is 13.2. The number of pyridine rings is 2. The predicted molar refractivity (Wildman–Crippen MR) is 151 cm³/mol. The standard InChI is InChI=1S/C32H6F8N10/c1-43-13(5-41)17-9-3-11-28(48-16(8-45-11)22-25(35)31(39)50-32(40)26(22)36)20(9)18(14(6-42)44-2)10-4-12-27(19(10)17)47-15(7-46-12)21-23(33)29(37)49-30(38)24(21)34/h7-8H,3-4H2/b17-13-,18-14+. The van der Waals surface area contributed by atoms with Crippen molar-refractivity contribution in [1.82, 2.24) is 29.9 Å². The number of hydrogen-bond acceptors (Lipinski definition) is 8. The van der Waals surface area contributed by atoms with Crippen molar-refractivity contribution in [3.63, 3.8) is 0 Å². The van der Waals surface area contributed by atoms with E-state index in [1.807, 2.05) is 0 Å². The highest BCUT2D eigenvalue weighted by molar-refractivity contribution is 5.91. The van der Waals surface area contributed by atoms with E-state index in [1.165, 1.54) is 0 Å². The molecule has 0 radical (unpaired) electrons. The van der Waals surface area contributed by atoms with Crippen LogP contribution in [0.15, 0.2) is 12.4 Å². The minimum atomic E-state index is -1.98. The summed E-state index contributed by atoms with van der Waals surface area (Å²) in [7, 11) is 0. The minimum absolute atomic E-state index is 0.0290. The average Bonchev–Trinajstić information content (AvgIpc) is 3.67. The summed E-state index contributed by atoms with van der Waals surface area (Å²) in [6.45, 7) is 15.5. The summed E-state index contributed by atoms with van der Waals surface area (Å²) in [5.41, 5.74) is -5.66. The second kappa shape index (κ2) is 11.2. The molecule has 240 valence electrons. The molecule has 0 atom stereocenters. The zero-order valence-corrected chi connectivity index (χ0v) is 24.1. The molecule has 0 aliphatic heterocycles. The molecule has 0 bridgehead atoms. The van der Waals surface area contributed by atoms with Crippen molar-refractivity contribution >= 4 is 11.4 Å². The van der Waals surface area contributed by atoms with Crippen molar-refractivity contribution in [1.29, 1.82) is 10.5 Å². The molecule has 0 spiro atoms. The van der Waals surface area contributed by atoms with Crippen LogP contribution in [-0.4, -0.2) is 29.9 Å². The summed E-state index contributed by atoms with van der Waals surface area (Å²) in [6.07, 6.45) is 1.02. The van der Waals surface area contributed by atoms with Gasteiger partial charge in [0.25, 0.3) is 35.2 Å². The SMILES string of the molecule is [C-]#[N+]/C(C#N)=c1/c2c(/c(=C(\C#N)[N+]#[C-])c3c1-c1nc(-c4c(F)c(F)nc(F)c4F)cnc1C3)-c1nc(-c3c(F)c(F)nc(F)c3F)cnc1C2. The van der Waals surface area contributed by atoms with Crippen molar-refractivity contribution in [3.05, 3.63) is 115 Å². The molecule has 2 aliphatic rings. The molecule has 5 aromatic rings. The van der Waals surface area contributed by atoms with Crippen LogP contribution in [0.5, 0.6) is 0 Å².